The second kappa shape index (κ2) is 9.73. The summed E-state index contributed by atoms with van der Waals surface area (Å²) in [5.74, 6) is -3.99. The van der Waals surface area contributed by atoms with Crippen molar-refractivity contribution in [2.75, 3.05) is 11.9 Å². The van der Waals surface area contributed by atoms with Crippen molar-refractivity contribution in [3.8, 4) is 0 Å². The Morgan fingerprint density at radius 2 is 1.32 bits per heavy atom. The first-order chi connectivity index (χ1) is 19.2. The Labute approximate surface area is 233 Å². The van der Waals surface area contributed by atoms with Gasteiger partial charge in [-0.3, -0.25) is 19.3 Å². The van der Waals surface area contributed by atoms with E-state index in [1.807, 2.05) is 80.6 Å². The van der Waals surface area contributed by atoms with Gasteiger partial charge in [0.2, 0.25) is 11.8 Å². The van der Waals surface area contributed by atoms with Crippen LogP contribution >= 0.6 is 0 Å². The highest BCUT2D eigenvalue weighted by Gasteiger charge is 2.63. The third-order valence-electron chi connectivity index (χ3n) is 8.65. The molecule has 0 radical (unpaired) electrons. The number of carbonyl (C=O) groups excluding carboxylic acids is 4. The topological polar surface area (TPSA) is 92.8 Å². The van der Waals surface area contributed by atoms with Crippen molar-refractivity contribution >= 4 is 29.4 Å². The summed E-state index contributed by atoms with van der Waals surface area (Å²) in [6, 6.07) is 20.6. The molecule has 2 bridgehead atoms. The molecule has 1 aliphatic heterocycles. The van der Waals surface area contributed by atoms with Crippen molar-refractivity contribution in [2.24, 2.45) is 17.8 Å². The van der Waals surface area contributed by atoms with Crippen molar-refractivity contribution in [1.82, 2.24) is 4.90 Å². The lowest BCUT2D eigenvalue weighted by atomic mass is 9.55. The molecule has 3 aromatic carbocycles. The molecule has 3 aromatic rings. The van der Waals surface area contributed by atoms with Gasteiger partial charge >= 0.3 is 5.97 Å². The highest BCUT2D eigenvalue weighted by molar-refractivity contribution is 6.10. The molecule has 0 saturated carbocycles. The Morgan fingerprint density at radius 1 is 0.825 bits per heavy atom. The third kappa shape index (κ3) is 3.95. The van der Waals surface area contributed by atoms with Crippen LogP contribution in [0.5, 0.6) is 0 Å². The number of amides is 3. The average Bonchev–Trinajstić information content (AvgIpc) is 3.20. The molecule has 7 heteroatoms. The van der Waals surface area contributed by atoms with Crippen LogP contribution in [0.1, 0.15) is 59.1 Å². The number of hydrogen-bond donors (Lipinski definition) is 1. The van der Waals surface area contributed by atoms with Crippen molar-refractivity contribution in [1.29, 1.82) is 0 Å². The molecule has 0 unspecified atom stereocenters. The summed E-state index contributed by atoms with van der Waals surface area (Å²) in [5.41, 5.74) is 6.81. The van der Waals surface area contributed by atoms with Gasteiger partial charge in [0.1, 0.15) is 6.04 Å². The number of anilines is 1. The van der Waals surface area contributed by atoms with Crippen molar-refractivity contribution in [3.63, 3.8) is 0 Å². The van der Waals surface area contributed by atoms with E-state index in [1.165, 1.54) is 0 Å². The summed E-state index contributed by atoms with van der Waals surface area (Å²) < 4.78 is 5.43. The minimum absolute atomic E-state index is 0.254. The molecule has 3 atom stereocenters. The highest BCUT2D eigenvalue weighted by Crippen LogP contribution is 2.61. The van der Waals surface area contributed by atoms with Gasteiger partial charge in [-0.25, -0.2) is 4.79 Å². The van der Waals surface area contributed by atoms with Gasteiger partial charge < -0.3 is 10.1 Å². The van der Waals surface area contributed by atoms with E-state index in [0.29, 0.717) is 5.69 Å². The van der Waals surface area contributed by atoms with Crippen LogP contribution in [0.15, 0.2) is 66.7 Å². The van der Waals surface area contributed by atoms with E-state index in [9.17, 15) is 19.2 Å². The molecular formula is C33H32N2O5. The molecule has 1 fully saturated rings. The molecule has 1 saturated heterocycles. The molecule has 7 rings (SSSR count). The lowest BCUT2D eigenvalue weighted by Gasteiger charge is -2.45. The predicted octanol–water partition coefficient (Wildman–Crippen LogP) is 4.70. The van der Waals surface area contributed by atoms with E-state index in [4.69, 9.17) is 4.74 Å². The maximum atomic E-state index is 14.1. The van der Waals surface area contributed by atoms with Gasteiger partial charge in [0.15, 0.2) is 6.61 Å². The van der Waals surface area contributed by atoms with Crippen LogP contribution in [0.3, 0.4) is 0 Å². The minimum Gasteiger partial charge on any atom is -0.454 e. The van der Waals surface area contributed by atoms with E-state index in [2.05, 4.69) is 5.32 Å². The first-order valence-electron chi connectivity index (χ1n) is 13.8. The highest BCUT2D eigenvalue weighted by atomic mass is 16.5. The standard InChI is InChI=1S/C33H32N2O5/c1-17(2)30(33(39)40-16-25(36)34-24-15-18(3)13-14-19(24)4)35-31(37)28-26-20-9-5-6-10-21(20)27(29(28)32(35)38)23-12-8-7-11-22(23)26/h5-15,17,26-30H,16H2,1-4H3,(H,34,36)/t26?,27?,28-,29+,30-/m1/s1. The normalized spacial score (nSPS) is 23.0. The number of benzene rings is 3. The zero-order valence-electron chi connectivity index (χ0n) is 23.0. The first-order valence-corrected chi connectivity index (χ1v) is 13.8. The van der Waals surface area contributed by atoms with Gasteiger partial charge in [0.25, 0.3) is 5.91 Å². The van der Waals surface area contributed by atoms with E-state index in [1.54, 1.807) is 13.8 Å². The second-order valence-corrected chi connectivity index (χ2v) is 11.5. The van der Waals surface area contributed by atoms with Gasteiger partial charge in [0.05, 0.1) is 11.8 Å². The summed E-state index contributed by atoms with van der Waals surface area (Å²) in [7, 11) is 0. The fraction of sp³-hybridized carbons (Fsp3) is 0.333. The number of aryl methyl sites for hydroxylation is 2. The van der Waals surface area contributed by atoms with Gasteiger partial charge in [-0.05, 0) is 59.2 Å². The number of carbonyl (C=O) groups is 4. The molecule has 204 valence electrons. The zero-order chi connectivity index (χ0) is 28.3. The van der Waals surface area contributed by atoms with Gasteiger partial charge in [-0.2, -0.15) is 0 Å². The van der Waals surface area contributed by atoms with Gasteiger partial charge in [0, 0.05) is 17.5 Å². The van der Waals surface area contributed by atoms with Gasteiger partial charge in [-0.15, -0.1) is 0 Å². The average molecular weight is 537 g/mol. The summed E-state index contributed by atoms with van der Waals surface area (Å²) in [6.07, 6.45) is 0. The smallest absolute Gasteiger partial charge is 0.330 e. The Balaban J connectivity index is 1.26. The lowest BCUT2D eigenvalue weighted by Crippen LogP contribution is -2.49. The molecule has 7 nitrogen and oxygen atoms in total. The fourth-order valence-corrected chi connectivity index (χ4v) is 6.93. The fourth-order valence-electron chi connectivity index (χ4n) is 6.93. The second-order valence-electron chi connectivity index (χ2n) is 11.5. The van der Waals surface area contributed by atoms with Gasteiger partial charge in [-0.1, -0.05) is 74.5 Å². The minimum atomic E-state index is -1.12. The van der Waals surface area contributed by atoms with Crippen LogP contribution in [0.4, 0.5) is 5.69 Å². The number of rotatable bonds is 6. The number of imide groups is 1. The van der Waals surface area contributed by atoms with Crippen LogP contribution in [0, 0.1) is 31.6 Å². The molecule has 40 heavy (non-hydrogen) atoms. The van der Waals surface area contributed by atoms with Crippen LogP contribution < -0.4 is 5.32 Å². The van der Waals surface area contributed by atoms with Crippen LogP contribution in [0.2, 0.25) is 0 Å². The van der Waals surface area contributed by atoms with Crippen molar-refractivity contribution in [2.45, 2.75) is 45.6 Å². The largest absolute Gasteiger partial charge is 0.454 e. The molecule has 1 N–H and O–H groups in total. The molecule has 0 spiro atoms. The Bertz CT molecular complexity index is 1440. The SMILES string of the molecule is Cc1ccc(C)c(NC(=O)COC(=O)[C@@H](C(C)C)N2C(=O)[C@@H]3C4c5ccccc5C(c5ccccc54)[C@@H]3C2=O)c1. The van der Waals surface area contributed by atoms with E-state index in [-0.39, 0.29) is 23.7 Å². The molecule has 3 aliphatic carbocycles. The number of nitrogens with one attached hydrogen (secondary N) is 1. The van der Waals surface area contributed by atoms with E-state index >= 15 is 0 Å². The van der Waals surface area contributed by atoms with Crippen LogP contribution in [-0.4, -0.2) is 41.2 Å². The zero-order valence-corrected chi connectivity index (χ0v) is 23.0. The Morgan fingerprint density at radius 3 is 1.80 bits per heavy atom. The molecule has 1 heterocycles. The molecule has 4 aliphatic rings. The summed E-state index contributed by atoms with van der Waals surface area (Å²) in [4.78, 5) is 55.3. The maximum Gasteiger partial charge on any atom is 0.330 e. The van der Waals surface area contributed by atoms with Crippen LogP contribution in [0.25, 0.3) is 0 Å². The summed E-state index contributed by atoms with van der Waals surface area (Å²) in [6.45, 7) is 6.85. The molecule has 3 amide bonds. The Kier molecular flexibility index (Phi) is 6.32. The summed E-state index contributed by atoms with van der Waals surface area (Å²) >= 11 is 0. The number of hydrogen-bond acceptors (Lipinski definition) is 5. The van der Waals surface area contributed by atoms with Crippen LogP contribution in [-0.2, 0) is 23.9 Å². The Hall–Kier alpha value is -4.26. The molecular weight excluding hydrogens is 504 g/mol. The van der Waals surface area contributed by atoms with E-state index < -0.39 is 42.3 Å². The number of nitrogens with zero attached hydrogens (tertiary/aromatic N) is 1. The first kappa shape index (κ1) is 26.0. The third-order valence-corrected chi connectivity index (χ3v) is 8.65. The lowest BCUT2D eigenvalue weighted by molar-refractivity contribution is -0.162. The number of esters is 1. The van der Waals surface area contributed by atoms with E-state index in [0.717, 1.165) is 38.3 Å². The quantitative estimate of drug-likeness (QED) is 0.364. The monoisotopic (exact) mass is 536 g/mol. The predicted molar refractivity (Wildman–Crippen MR) is 150 cm³/mol. The summed E-state index contributed by atoms with van der Waals surface area (Å²) in [5, 5.41) is 2.78. The maximum absolute atomic E-state index is 14.1. The van der Waals surface area contributed by atoms with Crippen molar-refractivity contribution < 1.29 is 23.9 Å². The van der Waals surface area contributed by atoms with Crippen molar-refractivity contribution in [3.05, 3.63) is 100 Å². The number of ether oxygens (including phenoxy) is 1. The number of likely N-dealkylation sites (tertiary alicyclic amines) is 1. The molecule has 0 aromatic heterocycles.